The molecule has 0 saturated heterocycles. The van der Waals surface area contributed by atoms with Crippen LogP contribution >= 0.6 is 46.5 Å². The van der Waals surface area contributed by atoms with Gasteiger partial charge in [-0.25, -0.2) is 9.38 Å². The van der Waals surface area contributed by atoms with Gasteiger partial charge in [0.25, 0.3) is 0 Å². The number of nitrogens with one attached hydrogen (secondary N) is 1. The summed E-state index contributed by atoms with van der Waals surface area (Å²) < 4.78 is 8.20. The summed E-state index contributed by atoms with van der Waals surface area (Å²) in [6.07, 6.45) is 2.80. The molecule has 0 saturated carbocycles. The topological polar surface area (TPSA) is 81.4 Å². The van der Waals surface area contributed by atoms with Crippen molar-refractivity contribution >= 4 is 73.9 Å². The molecule has 1 aliphatic rings. The van der Waals surface area contributed by atoms with E-state index in [-0.39, 0.29) is 17.3 Å². The van der Waals surface area contributed by atoms with Crippen LogP contribution in [0.5, 0.6) is 0 Å². The summed E-state index contributed by atoms with van der Waals surface area (Å²) in [6, 6.07) is 7.07. The van der Waals surface area contributed by atoms with E-state index in [0.29, 0.717) is 22.5 Å². The fourth-order valence-electron chi connectivity index (χ4n) is 3.99. The predicted octanol–water partition coefficient (Wildman–Crippen LogP) is 6.47. The molecule has 4 heterocycles. The quantitative estimate of drug-likeness (QED) is 0.200. The number of rotatable bonds is 8. The summed E-state index contributed by atoms with van der Waals surface area (Å²) in [4.78, 5) is 19.8. The largest absolute Gasteiger partial charge is 0.369 e. The van der Waals surface area contributed by atoms with Gasteiger partial charge in [-0.05, 0) is 49.6 Å². The Bertz CT molecular complexity index is 1390. The van der Waals surface area contributed by atoms with Crippen LogP contribution in [0.25, 0.3) is 15.9 Å². The Morgan fingerprint density at radius 2 is 2.03 bits per heavy atom. The molecule has 35 heavy (non-hydrogen) atoms. The minimum Gasteiger partial charge on any atom is -0.369 e. The van der Waals surface area contributed by atoms with Gasteiger partial charge < -0.3 is 10.1 Å². The maximum absolute atomic E-state index is 12.6. The maximum atomic E-state index is 12.6. The van der Waals surface area contributed by atoms with Crippen LogP contribution in [0, 0.1) is 0 Å². The van der Waals surface area contributed by atoms with Crippen molar-refractivity contribution in [3.8, 4) is 0 Å². The van der Waals surface area contributed by atoms with Crippen molar-refractivity contribution in [1.82, 2.24) is 19.6 Å². The number of hydrogen-bond acceptors (Lipinski definition) is 8. The first kappa shape index (κ1) is 24.8. The van der Waals surface area contributed by atoms with E-state index < -0.39 is 0 Å². The number of benzene rings is 1. The van der Waals surface area contributed by atoms with E-state index in [4.69, 9.17) is 21.3 Å². The van der Waals surface area contributed by atoms with E-state index in [2.05, 4.69) is 36.3 Å². The van der Waals surface area contributed by atoms with Crippen molar-refractivity contribution < 1.29 is 9.53 Å². The zero-order valence-electron chi connectivity index (χ0n) is 19.8. The second-order valence-electron chi connectivity index (χ2n) is 8.68. The number of thioether (sulfide) groups is 2. The normalized spacial score (nSPS) is 17.7. The Morgan fingerprint density at radius 3 is 2.77 bits per heavy atom. The number of hydrogen-bond donors (Lipinski definition) is 1. The van der Waals surface area contributed by atoms with Gasteiger partial charge in [-0.2, -0.15) is 0 Å². The van der Waals surface area contributed by atoms with Crippen LogP contribution < -0.4 is 5.32 Å². The first-order valence-corrected chi connectivity index (χ1v) is 14.7. The fraction of sp³-hybridized carbons (Fsp3) is 0.417. The number of amides is 1. The van der Waals surface area contributed by atoms with Crippen molar-refractivity contribution in [2.24, 2.45) is 0 Å². The first-order chi connectivity index (χ1) is 16.9. The highest BCUT2D eigenvalue weighted by molar-refractivity contribution is 8.00. The van der Waals surface area contributed by atoms with Gasteiger partial charge >= 0.3 is 0 Å². The summed E-state index contributed by atoms with van der Waals surface area (Å²) in [5, 5.41) is 15.2. The van der Waals surface area contributed by atoms with Gasteiger partial charge in [-0.1, -0.05) is 49.0 Å². The summed E-state index contributed by atoms with van der Waals surface area (Å²) in [6.45, 7) is 7.08. The molecule has 7 nitrogen and oxygen atoms in total. The monoisotopic (exact) mass is 547 g/mol. The van der Waals surface area contributed by atoms with E-state index in [1.807, 2.05) is 4.40 Å². The molecular weight excluding hydrogens is 522 g/mol. The third-order valence-corrected chi connectivity index (χ3v) is 9.49. The van der Waals surface area contributed by atoms with Crippen LogP contribution in [-0.2, 0) is 22.6 Å². The average Bonchev–Trinajstić information content (AvgIpc) is 3.43. The standard InChI is InChI=1S/C24H26ClN5O2S3/c1-4-10-33-22-27-21-19(16-11-24(3,5-2)32-12-17(16)35-21)20-28-29-23(30(20)22)34-13-18(31)26-15-8-6-14(25)7-9-15/h6-9H,4-5,10-13H2,1-3H3,(H,26,31)/t24-/m1/s1. The highest BCUT2D eigenvalue weighted by atomic mass is 35.5. The van der Waals surface area contributed by atoms with Gasteiger partial charge in [0, 0.05) is 27.8 Å². The molecule has 0 fully saturated rings. The Balaban J connectivity index is 1.48. The Kier molecular flexibility index (Phi) is 7.28. The number of carbonyl (C=O) groups is 1. The minimum atomic E-state index is -0.190. The van der Waals surface area contributed by atoms with E-state index in [1.165, 1.54) is 22.2 Å². The third-order valence-electron chi connectivity index (χ3n) is 6.06. The average molecular weight is 548 g/mol. The number of nitrogens with zero attached hydrogens (tertiary/aromatic N) is 4. The Morgan fingerprint density at radius 1 is 1.23 bits per heavy atom. The predicted molar refractivity (Wildman–Crippen MR) is 145 cm³/mol. The summed E-state index contributed by atoms with van der Waals surface area (Å²) in [5.74, 6) is 1.03. The third kappa shape index (κ3) is 5.04. The highest BCUT2D eigenvalue weighted by Crippen LogP contribution is 2.42. The molecule has 0 bridgehead atoms. The lowest BCUT2D eigenvalue weighted by Crippen LogP contribution is -2.33. The first-order valence-electron chi connectivity index (χ1n) is 11.5. The second-order valence-corrected chi connectivity index (χ2v) is 12.2. The van der Waals surface area contributed by atoms with Crippen molar-refractivity contribution in [1.29, 1.82) is 0 Å². The van der Waals surface area contributed by atoms with Crippen molar-refractivity contribution in [3.05, 3.63) is 39.7 Å². The number of halogens is 1. The molecule has 0 aliphatic carbocycles. The van der Waals surface area contributed by atoms with Crippen molar-refractivity contribution in [3.63, 3.8) is 0 Å². The zero-order chi connectivity index (χ0) is 24.6. The molecular formula is C24H26ClN5O2S3. The number of ether oxygens (including phenoxy) is 1. The van der Waals surface area contributed by atoms with Gasteiger partial charge in [0.05, 0.1) is 23.3 Å². The molecule has 1 atom stereocenters. The molecule has 1 aromatic carbocycles. The molecule has 0 radical (unpaired) electrons. The summed E-state index contributed by atoms with van der Waals surface area (Å²) in [5.41, 5.74) is 2.60. The van der Waals surface area contributed by atoms with Crippen LogP contribution in [0.3, 0.4) is 0 Å². The molecule has 1 amide bonds. The smallest absolute Gasteiger partial charge is 0.234 e. The number of fused-ring (bicyclic) bond motifs is 5. The zero-order valence-corrected chi connectivity index (χ0v) is 23.0. The van der Waals surface area contributed by atoms with Gasteiger partial charge in [0.15, 0.2) is 16.0 Å². The molecule has 11 heteroatoms. The SMILES string of the molecule is CCCSc1nc2sc3c(c2c2nnc(SCC(=O)Nc4ccc(Cl)cc4)n12)C[C@@](C)(CC)OC3. The van der Waals surface area contributed by atoms with Gasteiger partial charge in [-0.3, -0.25) is 4.79 Å². The van der Waals surface area contributed by atoms with E-state index >= 15 is 0 Å². The van der Waals surface area contributed by atoms with Crippen LogP contribution in [0.2, 0.25) is 5.02 Å². The van der Waals surface area contributed by atoms with Crippen LogP contribution in [0.1, 0.15) is 44.1 Å². The Hall–Kier alpha value is -1.85. The lowest BCUT2D eigenvalue weighted by Gasteiger charge is -2.33. The number of aromatic nitrogens is 4. The molecule has 0 unspecified atom stereocenters. The minimum absolute atomic E-state index is 0.116. The molecule has 1 N–H and O–H groups in total. The lowest BCUT2D eigenvalue weighted by molar-refractivity contribution is -0.113. The Labute approximate surface area is 221 Å². The molecule has 3 aromatic heterocycles. The number of anilines is 1. The van der Waals surface area contributed by atoms with E-state index in [1.54, 1.807) is 47.4 Å². The van der Waals surface area contributed by atoms with Crippen molar-refractivity contribution in [2.75, 3.05) is 16.8 Å². The maximum Gasteiger partial charge on any atom is 0.234 e. The molecule has 0 spiro atoms. The van der Waals surface area contributed by atoms with Crippen LogP contribution in [0.4, 0.5) is 5.69 Å². The number of thiophene rings is 1. The van der Waals surface area contributed by atoms with E-state index in [9.17, 15) is 4.79 Å². The molecule has 1 aliphatic heterocycles. The highest BCUT2D eigenvalue weighted by Gasteiger charge is 2.33. The van der Waals surface area contributed by atoms with Gasteiger partial charge in [-0.15, -0.1) is 21.5 Å². The van der Waals surface area contributed by atoms with Crippen LogP contribution in [0.15, 0.2) is 34.6 Å². The summed E-state index contributed by atoms with van der Waals surface area (Å²) >= 11 is 10.7. The molecule has 4 aromatic rings. The molecule has 184 valence electrons. The number of carbonyl (C=O) groups excluding carboxylic acids is 1. The van der Waals surface area contributed by atoms with Gasteiger partial charge in [0.2, 0.25) is 5.91 Å². The lowest BCUT2D eigenvalue weighted by atomic mass is 9.90. The fourth-order valence-corrected chi connectivity index (χ4v) is 6.90. The van der Waals surface area contributed by atoms with E-state index in [0.717, 1.165) is 46.0 Å². The van der Waals surface area contributed by atoms with Crippen molar-refractivity contribution in [2.45, 2.75) is 62.6 Å². The van der Waals surface area contributed by atoms with Crippen LogP contribution in [-0.4, -0.2) is 42.6 Å². The summed E-state index contributed by atoms with van der Waals surface area (Å²) in [7, 11) is 0. The second kappa shape index (κ2) is 10.3. The molecule has 5 rings (SSSR count). The van der Waals surface area contributed by atoms with Gasteiger partial charge in [0.1, 0.15) is 4.83 Å².